The van der Waals surface area contributed by atoms with Gasteiger partial charge >= 0.3 is 0 Å². The topological polar surface area (TPSA) is 68.2 Å². The molecule has 5 heteroatoms. The van der Waals surface area contributed by atoms with E-state index in [9.17, 15) is 0 Å². The summed E-state index contributed by atoms with van der Waals surface area (Å²) in [5, 5.41) is 4.12. The second-order valence-corrected chi connectivity index (χ2v) is 6.17. The fourth-order valence-electron chi connectivity index (χ4n) is 3.11. The van der Waals surface area contributed by atoms with Crippen molar-refractivity contribution in [2.45, 2.75) is 26.3 Å². The third kappa shape index (κ3) is 3.08. The summed E-state index contributed by atoms with van der Waals surface area (Å²) in [6.45, 7) is 6.48. The summed E-state index contributed by atoms with van der Waals surface area (Å²) in [4.78, 5) is 6.70. The minimum absolute atomic E-state index is 0.368. The first-order valence-corrected chi connectivity index (χ1v) is 7.52. The molecule has 3 atom stereocenters. The lowest BCUT2D eigenvalue weighted by atomic mass is 9.92. The van der Waals surface area contributed by atoms with Crippen LogP contribution in [0.3, 0.4) is 0 Å². The van der Waals surface area contributed by atoms with Crippen LogP contribution in [0.5, 0.6) is 0 Å². The van der Waals surface area contributed by atoms with Gasteiger partial charge in [0.15, 0.2) is 0 Å². The molecule has 112 valence electrons. The first-order chi connectivity index (χ1) is 10.1. The summed E-state index contributed by atoms with van der Waals surface area (Å²) in [5.74, 6) is 2.44. The number of piperidine rings is 1. The summed E-state index contributed by atoms with van der Waals surface area (Å²) >= 11 is 0. The summed E-state index contributed by atoms with van der Waals surface area (Å²) in [6.07, 6.45) is 1.25. The Bertz CT molecular complexity index is 573. The van der Waals surface area contributed by atoms with Gasteiger partial charge in [-0.25, -0.2) is 0 Å². The molecule has 2 unspecified atom stereocenters. The molecule has 2 heterocycles. The molecule has 1 aliphatic rings. The van der Waals surface area contributed by atoms with E-state index < -0.39 is 0 Å². The molecule has 2 N–H and O–H groups in total. The lowest BCUT2D eigenvalue weighted by Crippen LogP contribution is -2.39. The van der Waals surface area contributed by atoms with Gasteiger partial charge in [0, 0.05) is 13.1 Å². The third-order valence-corrected chi connectivity index (χ3v) is 4.01. The fourth-order valence-corrected chi connectivity index (χ4v) is 3.11. The molecule has 0 radical (unpaired) electrons. The van der Waals surface area contributed by atoms with E-state index >= 15 is 0 Å². The van der Waals surface area contributed by atoms with Crippen LogP contribution < -0.4 is 10.6 Å². The van der Waals surface area contributed by atoms with E-state index in [-0.39, 0.29) is 6.04 Å². The van der Waals surface area contributed by atoms with Crippen LogP contribution in [0, 0.1) is 11.8 Å². The van der Waals surface area contributed by atoms with Crippen molar-refractivity contribution in [1.82, 2.24) is 10.1 Å². The van der Waals surface area contributed by atoms with Crippen molar-refractivity contribution in [3.8, 4) is 0 Å². The highest BCUT2D eigenvalue weighted by Crippen LogP contribution is 2.26. The highest BCUT2D eigenvalue weighted by molar-refractivity contribution is 5.31. The van der Waals surface area contributed by atoms with Crippen LogP contribution in [-0.2, 0) is 0 Å². The molecule has 1 fully saturated rings. The maximum Gasteiger partial charge on any atom is 0.266 e. The Morgan fingerprint density at radius 2 is 1.86 bits per heavy atom. The Balaban J connectivity index is 1.77. The zero-order chi connectivity index (χ0) is 14.8. The van der Waals surface area contributed by atoms with Crippen LogP contribution in [0.1, 0.15) is 37.8 Å². The van der Waals surface area contributed by atoms with Gasteiger partial charge in [0.2, 0.25) is 5.89 Å². The van der Waals surface area contributed by atoms with Gasteiger partial charge in [-0.1, -0.05) is 44.2 Å². The lowest BCUT2D eigenvalue weighted by molar-refractivity contribution is 0.342. The molecular formula is C16H22N4O. The first kappa shape index (κ1) is 14.1. The molecular weight excluding hydrogens is 264 g/mol. The van der Waals surface area contributed by atoms with Gasteiger partial charge in [0.05, 0.1) is 0 Å². The molecule has 2 aromatic rings. The molecule has 0 amide bonds. The van der Waals surface area contributed by atoms with Gasteiger partial charge < -0.3 is 15.2 Å². The molecule has 1 aromatic heterocycles. The van der Waals surface area contributed by atoms with Crippen LogP contribution in [0.25, 0.3) is 0 Å². The minimum Gasteiger partial charge on any atom is -0.338 e. The van der Waals surface area contributed by atoms with Crippen molar-refractivity contribution in [3.05, 3.63) is 41.8 Å². The first-order valence-electron chi connectivity index (χ1n) is 7.52. The van der Waals surface area contributed by atoms with E-state index in [4.69, 9.17) is 10.3 Å². The van der Waals surface area contributed by atoms with E-state index in [1.54, 1.807) is 0 Å². The summed E-state index contributed by atoms with van der Waals surface area (Å²) in [6, 6.07) is 9.46. The predicted molar refractivity (Wildman–Crippen MR) is 81.9 cm³/mol. The SMILES string of the molecule is CC1CC(C)CN(c2noc([C@H](N)c3ccccc3)n2)C1. The van der Waals surface area contributed by atoms with Crippen LogP contribution in [-0.4, -0.2) is 23.2 Å². The van der Waals surface area contributed by atoms with Crippen molar-refractivity contribution < 1.29 is 4.52 Å². The van der Waals surface area contributed by atoms with E-state index in [2.05, 4.69) is 28.9 Å². The molecule has 0 bridgehead atoms. The molecule has 21 heavy (non-hydrogen) atoms. The van der Waals surface area contributed by atoms with E-state index in [0.29, 0.717) is 23.7 Å². The van der Waals surface area contributed by atoms with Crippen molar-refractivity contribution in [2.75, 3.05) is 18.0 Å². The molecule has 0 aliphatic carbocycles. The second kappa shape index (κ2) is 5.85. The van der Waals surface area contributed by atoms with Crippen LogP contribution in [0.4, 0.5) is 5.95 Å². The van der Waals surface area contributed by atoms with Crippen molar-refractivity contribution >= 4 is 5.95 Å². The van der Waals surface area contributed by atoms with Gasteiger partial charge in [-0.2, -0.15) is 4.98 Å². The zero-order valence-corrected chi connectivity index (χ0v) is 12.6. The molecule has 0 saturated carbocycles. The summed E-state index contributed by atoms with van der Waals surface area (Å²) in [5.41, 5.74) is 7.18. The van der Waals surface area contributed by atoms with Crippen molar-refractivity contribution in [1.29, 1.82) is 0 Å². The Hall–Kier alpha value is -1.88. The molecule has 1 aromatic carbocycles. The zero-order valence-electron chi connectivity index (χ0n) is 12.6. The number of nitrogens with zero attached hydrogens (tertiary/aromatic N) is 3. The highest BCUT2D eigenvalue weighted by Gasteiger charge is 2.26. The smallest absolute Gasteiger partial charge is 0.266 e. The van der Waals surface area contributed by atoms with E-state index in [1.807, 2.05) is 30.3 Å². The Kier molecular flexibility index (Phi) is 3.92. The van der Waals surface area contributed by atoms with Gasteiger partial charge in [-0.3, -0.25) is 0 Å². The normalized spacial score (nSPS) is 24.0. The lowest BCUT2D eigenvalue weighted by Gasteiger charge is -2.33. The average Bonchev–Trinajstić information content (AvgIpc) is 2.96. The Morgan fingerprint density at radius 3 is 2.52 bits per heavy atom. The van der Waals surface area contributed by atoms with Crippen LogP contribution in [0.15, 0.2) is 34.9 Å². The Morgan fingerprint density at radius 1 is 1.19 bits per heavy atom. The van der Waals surface area contributed by atoms with Crippen molar-refractivity contribution in [2.24, 2.45) is 17.6 Å². The Labute approximate surface area is 125 Å². The fraction of sp³-hybridized carbons (Fsp3) is 0.500. The number of anilines is 1. The largest absolute Gasteiger partial charge is 0.338 e. The van der Waals surface area contributed by atoms with Gasteiger partial charge in [0.1, 0.15) is 6.04 Å². The van der Waals surface area contributed by atoms with Gasteiger partial charge in [0.25, 0.3) is 5.95 Å². The minimum atomic E-state index is -0.368. The van der Waals surface area contributed by atoms with Gasteiger partial charge in [-0.05, 0) is 29.0 Å². The van der Waals surface area contributed by atoms with E-state index in [0.717, 1.165) is 18.7 Å². The molecule has 5 nitrogen and oxygen atoms in total. The molecule has 1 saturated heterocycles. The quantitative estimate of drug-likeness (QED) is 0.939. The number of rotatable bonds is 3. The summed E-state index contributed by atoms with van der Waals surface area (Å²) in [7, 11) is 0. The number of benzene rings is 1. The second-order valence-electron chi connectivity index (χ2n) is 6.17. The molecule has 1 aliphatic heterocycles. The maximum atomic E-state index is 6.20. The number of hydrogen-bond acceptors (Lipinski definition) is 5. The third-order valence-electron chi connectivity index (χ3n) is 4.01. The van der Waals surface area contributed by atoms with Gasteiger partial charge in [-0.15, -0.1) is 0 Å². The summed E-state index contributed by atoms with van der Waals surface area (Å²) < 4.78 is 5.38. The maximum absolute atomic E-state index is 6.20. The molecule has 0 spiro atoms. The number of aromatic nitrogens is 2. The standard InChI is InChI=1S/C16H22N4O/c1-11-8-12(2)10-20(9-11)16-18-15(21-19-16)14(17)13-6-4-3-5-7-13/h3-7,11-12,14H,8-10,17H2,1-2H3/t11?,12?,14-/m1/s1. The highest BCUT2D eigenvalue weighted by atomic mass is 16.5. The van der Waals surface area contributed by atoms with E-state index in [1.165, 1.54) is 6.42 Å². The van der Waals surface area contributed by atoms with Crippen LogP contribution >= 0.6 is 0 Å². The predicted octanol–water partition coefficient (Wildman–Crippen LogP) is 2.60. The average molecular weight is 286 g/mol. The van der Waals surface area contributed by atoms with Crippen LogP contribution in [0.2, 0.25) is 0 Å². The number of hydrogen-bond donors (Lipinski definition) is 1. The monoisotopic (exact) mass is 286 g/mol. The van der Waals surface area contributed by atoms with Crippen molar-refractivity contribution in [3.63, 3.8) is 0 Å². The molecule has 3 rings (SSSR count). The number of nitrogens with two attached hydrogens (primary N) is 1.